The summed E-state index contributed by atoms with van der Waals surface area (Å²) in [7, 11) is 0. The van der Waals surface area contributed by atoms with Gasteiger partial charge in [-0.3, -0.25) is 4.79 Å². The largest absolute Gasteiger partial charge is 0.388 e. The van der Waals surface area contributed by atoms with Gasteiger partial charge in [0.25, 0.3) is 0 Å². The lowest BCUT2D eigenvalue weighted by atomic mass is 10.1. The van der Waals surface area contributed by atoms with Crippen LogP contribution in [0.3, 0.4) is 0 Å². The first-order chi connectivity index (χ1) is 12.6. The minimum absolute atomic E-state index is 0.0448. The topological polar surface area (TPSA) is 79.8 Å². The Hall–Kier alpha value is -1.47. The molecule has 0 aromatic heterocycles. The van der Waals surface area contributed by atoms with E-state index in [0.717, 1.165) is 19.4 Å². The van der Waals surface area contributed by atoms with Crippen LogP contribution in [0.5, 0.6) is 0 Å². The van der Waals surface area contributed by atoms with Crippen molar-refractivity contribution in [3.8, 4) is 0 Å². The number of rotatable bonds is 7. The van der Waals surface area contributed by atoms with Crippen LogP contribution >= 0.6 is 0 Å². The van der Waals surface area contributed by atoms with Crippen molar-refractivity contribution >= 4 is 5.91 Å². The molecule has 1 aliphatic carbocycles. The van der Waals surface area contributed by atoms with Crippen molar-refractivity contribution in [2.24, 2.45) is 0 Å². The second-order valence-electron chi connectivity index (χ2n) is 7.77. The van der Waals surface area contributed by atoms with Gasteiger partial charge in [0.1, 0.15) is 12.2 Å². The van der Waals surface area contributed by atoms with Crippen LogP contribution in [0.15, 0.2) is 24.3 Å². The molecule has 1 aromatic rings. The highest BCUT2D eigenvalue weighted by atomic mass is 16.6. The van der Waals surface area contributed by atoms with Crippen LogP contribution in [-0.4, -0.2) is 54.1 Å². The number of hydrogen-bond acceptors (Lipinski definition) is 5. The van der Waals surface area contributed by atoms with Gasteiger partial charge in [0.15, 0.2) is 0 Å². The monoisotopic (exact) mass is 360 g/mol. The molecule has 1 saturated carbocycles. The molecule has 6 heteroatoms. The van der Waals surface area contributed by atoms with E-state index in [1.165, 1.54) is 11.1 Å². The number of nitrogens with one attached hydrogen (secondary N) is 2. The Morgan fingerprint density at radius 1 is 1.27 bits per heavy atom. The third-order valence-electron chi connectivity index (χ3n) is 5.56. The predicted octanol–water partition coefficient (Wildman–Crippen LogP) is 1.04. The first-order valence-corrected chi connectivity index (χ1v) is 9.63. The predicted molar refractivity (Wildman–Crippen MR) is 96.6 cm³/mol. The van der Waals surface area contributed by atoms with Crippen LogP contribution in [0.25, 0.3) is 0 Å². The highest BCUT2D eigenvalue weighted by molar-refractivity contribution is 5.77. The summed E-state index contributed by atoms with van der Waals surface area (Å²) in [6, 6.07) is 8.62. The highest BCUT2D eigenvalue weighted by Gasteiger charge is 2.50. The lowest BCUT2D eigenvalue weighted by molar-refractivity contribution is -0.124. The summed E-state index contributed by atoms with van der Waals surface area (Å²) in [5.74, 6) is 0.0448. The van der Waals surface area contributed by atoms with Crippen molar-refractivity contribution in [3.63, 3.8) is 0 Å². The van der Waals surface area contributed by atoms with Crippen LogP contribution in [0.2, 0.25) is 0 Å². The van der Waals surface area contributed by atoms with Crippen LogP contribution in [0.4, 0.5) is 0 Å². The second-order valence-corrected chi connectivity index (χ2v) is 7.77. The number of amides is 1. The smallest absolute Gasteiger partial charge is 0.222 e. The quantitative estimate of drug-likeness (QED) is 0.677. The van der Waals surface area contributed by atoms with Gasteiger partial charge in [-0.15, -0.1) is 0 Å². The zero-order chi connectivity index (χ0) is 18.1. The van der Waals surface area contributed by atoms with Gasteiger partial charge in [0, 0.05) is 25.6 Å². The van der Waals surface area contributed by atoms with Crippen molar-refractivity contribution in [1.82, 2.24) is 10.6 Å². The number of carbonyl (C=O) groups excluding carboxylic acids is 1. The maximum Gasteiger partial charge on any atom is 0.222 e. The van der Waals surface area contributed by atoms with Crippen molar-refractivity contribution in [1.29, 1.82) is 0 Å². The molecule has 4 rings (SSSR count). The number of ether oxygens (including phenoxy) is 2. The third kappa shape index (κ3) is 4.09. The van der Waals surface area contributed by atoms with Gasteiger partial charge in [-0.25, -0.2) is 0 Å². The molecule has 0 bridgehead atoms. The van der Waals surface area contributed by atoms with E-state index >= 15 is 0 Å². The Labute approximate surface area is 154 Å². The highest BCUT2D eigenvalue weighted by Crippen LogP contribution is 2.35. The molecule has 3 N–H and O–H groups in total. The standard InChI is InChI=1S/C20H28N2O4/c1-12-4-2-3-5-13(12)10-21-11-17-19(24)20-16(26-17)8-15(25-20)9-18(23)22-14-6-7-14/h2-5,14-17,19-21,24H,6-11H2,1H3,(H,22,23). The first-order valence-electron chi connectivity index (χ1n) is 9.63. The fraction of sp³-hybridized carbons (Fsp3) is 0.650. The van der Waals surface area contributed by atoms with E-state index in [9.17, 15) is 9.90 Å². The van der Waals surface area contributed by atoms with Crippen molar-refractivity contribution in [2.45, 2.75) is 75.7 Å². The molecule has 5 atom stereocenters. The van der Waals surface area contributed by atoms with Gasteiger partial charge in [0.2, 0.25) is 5.91 Å². The van der Waals surface area contributed by atoms with Crippen molar-refractivity contribution in [3.05, 3.63) is 35.4 Å². The maximum absolute atomic E-state index is 11.9. The van der Waals surface area contributed by atoms with Crippen LogP contribution < -0.4 is 10.6 Å². The Kier molecular flexibility index (Phi) is 5.27. The van der Waals surface area contributed by atoms with Crippen molar-refractivity contribution in [2.75, 3.05) is 6.54 Å². The van der Waals surface area contributed by atoms with Crippen LogP contribution in [0.1, 0.15) is 36.8 Å². The van der Waals surface area contributed by atoms with Gasteiger partial charge >= 0.3 is 0 Å². The molecular formula is C20H28N2O4. The van der Waals surface area contributed by atoms with E-state index < -0.39 is 6.10 Å². The maximum atomic E-state index is 11.9. The zero-order valence-corrected chi connectivity index (χ0v) is 15.2. The Morgan fingerprint density at radius 2 is 2.08 bits per heavy atom. The molecule has 6 nitrogen and oxygen atoms in total. The molecule has 1 aromatic carbocycles. The summed E-state index contributed by atoms with van der Waals surface area (Å²) in [5.41, 5.74) is 2.50. The molecule has 142 valence electrons. The number of aryl methyl sites for hydroxylation is 1. The fourth-order valence-electron chi connectivity index (χ4n) is 3.89. The summed E-state index contributed by atoms with van der Waals surface area (Å²) >= 11 is 0. The third-order valence-corrected chi connectivity index (χ3v) is 5.56. The summed E-state index contributed by atoms with van der Waals surface area (Å²) in [5, 5.41) is 16.9. The van der Waals surface area contributed by atoms with Gasteiger partial charge in [-0.1, -0.05) is 24.3 Å². The lowest BCUT2D eigenvalue weighted by Crippen LogP contribution is -2.39. The summed E-state index contributed by atoms with van der Waals surface area (Å²) in [4.78, 5) is 11.9. The zero-order valence-electron chi connectivity index (χ0n) is 15.2. The average molecular weight is 360 g/mol. The van der Waals surface area contributed by atoms with Gasteiger partial charge in [-0.2, -0.15) is 0 Å². The van der Waals surface area contributed by atoms with Crippen molar-refractivity contribution < 1.29 is 19.4 Å². The number of hydrogen-bond donors (Lipinski definition) is 3. The molecular weight excluding hydrogens is 332 g/mol. The molecule has 5 unspecified atom stereocenters. The summed E-state index contributed by atoms with van der Waals surface area (Å²) in [6.45, 7) is 3.42. The normalized spacial score (nSPS) is 33.2. The van der Waals surface area contributed by atoms with Gasteiger partial charge < -0.3 is 25.2 Å². The molecule has 3 fully saturated rings. The van der Waals surface area contributed by atoms with Crippen LogP contribution in [0, 0.1) is 6.92 Å². The SMILES string of the molecule is Cc1ccccc1CNCC1OC2CC(CC(=O)NC3CC3)OC2C1O. The second kappa shape index (κ2) is 7.64. The minimum Gasteiger partial charge on any atom is -0.388 e. The van der Waals surface area contributed by atoms with Crippen LogP contribution in [-0.2, 0) is 20.8 Å². The number of aliphatic hydroxyl groups is 1. The molecule has 2 heterocycles. The fourth-order valence-corrected chi connectivity index (χ4v) is 3.89. The molecule has 3 aliphatic rings. The van der Waals surface area contributed by atoms with E-state index in [0.29, 0.717) is 25.4 Å². The first kappa shape index (κ1) is 17.9. The lowest BCUT2D eigenvalue weighted by Gasteiger charge is -2.20. The minimum atomic E-state index is -0.652. The van der Waals surface area contributed by atoms with E-state index in [4.69, 9.17) is 9.47 Å². The summed E-state index contributed by atoms with van der Waals surface area (Å²) in [6.07, 6.45) is 1.69. The van der Waals surface area contributed by atoms with Gasteiger partial charge in [-0.05, 0) is 30.9 Å². The molecule has 26 heavy (non-hydrogen) atoms. The Morgan fingerprint density at radius 3 is 2.81 bits per heavy atom. The Bertz CT molecular complexity index is 648. The number of benzene rings is 1. The molecule has 0 radical (unpaired) electrons. The Balaban J connectivity index is 1.21. The average Bonchev–Trinajstić information content (AvgIpc) is 3.26. The summed E-state index contributed by atoms with van der Waals surface area (Å²) < 4.78 is 11.9. The van der Waals surface area contributed by atoms with E-state index in [-0.39, 0.29) is 30.3 Å². The van der Waals surface area contributed by atoms with E-state index in [1.54, 1.807) is 0 Å². The number of carbonyl (C=O) groups is 1. The molecule has 0 spiro atoms. The van der Waals surface area contributed by atoms with E-state index in [1.807, 2.05) is 12.1 Å². The molecule has 2 aliphatic heterocycles. The van der Waals surface area contributed by atoms with Gasteiger partial charge in [0.05, 0.1) is 24.7 Å². The number of fused-ring (bicyclic) bond motifs is 1. The van der Waals surface area contributed by atoms with E-state index in [2.05, 4.69) is 29.7 Å². The molecule has 2 saturated heterocycles. The number of aliphatic hydroxyl groups excluding tert-OH is 1. The molecule has 1 amide bonds.